The second-order valence-corrected chi connectivity index (χ2v) is 5.17. The Morgan fingerprint density at radius 3 is 2.88 bits per heavy atom. The third-order valence-electron chi connectivity index (χ3n) is 3.41. The Balaban J connectivity index is 1.97. The van der Waals surface area contributed by atoms with Crippen molar-refractivity contribution in [3.05, 3.63) is 35.0 Å². The van der Waals surface area contributed by atoms with E-state index in [2.05, 4.69) is 28.9 Å². The van der Waals surface area contributed by atoms with E-state index < -0.39 is 0 Å². The van der Waals surface area contributed by atoms with Crippen LogP contribution in [0.4, 0.5) is 0 Å². The highest BCUT2D eigenvalue weighted by Gasteiger charge is 2.20. The van der Waals surface area contributed by atoms with E-state index >= 15 is 0 Å². The largest absolute Gasteiger partial charge is 0.344 e. The average Bonchev–Trinajstić information content (AvgIpc) is 3.07. The predicted molar refractivity (Wildman–Crippen MR) is 72.5 cm³/mol. The minimum Gasteiger partial charge on any atom is -0.344 e. The topological polar surface area (TPSA) is 17.0 Å². The zero-order valence-corrected chi connectivity index (χ0v) is 10.8. The molecule has 1 aromatic heterocycles. The summed E-state index contributed by atoms with van der Waals surface area (Å²) in [4.78, 5) is 0. The number of halogens is 1. The Morgan fingerprint density at radius 1 is 1.35 bits per heavy atom. The third-order valence-corrected chi connectivity index (χ3v) is 3.65. The standard InChI is InChI=1S/C14H17ClN2/c1-2-17-13(9-16-12-4-5-12)8-10-7-11(15)3-6-14(10)17/h3,6-8,12,16H,2,4-5,9H2,1H3. The quantitative estimate of drug-likeness (QED) is 0.876. The lowest BCUT2D eigenvalue weighted by atomic mass is 10.2. The molecule has 17 heavy (non-hydrogen) atoms. The van der Waals surface area contributed by atoms with Crippen LogP contribution in [0, 0.1) is 0 Å². The summed E-state index contributed by atoms with van der Waals surface area (Å²) in [6, 6.07) is 9.13. The maximum Gasteiger partial charge on any atom is 0.0483 e. The van der Waals surface area contributed by atoms with Crippen LogP contribution in [0.3, 0.4) is 0 Å². The zero-order chi connectivity index (χ0) is 11.8. The zero-order valence-electron chi connectivity index (χ0n) is 10.0. The van der Waals surface area contributed by atoms with Gasteiger partial charge in [-0.2, -0.15) is 0 Å². The van der Waals surface area contributed by atoms with Crippen LogP contribution in [0.1, 0.15) is 25.5 Å². The number of aromatic nitrogens is 1. The second-order valence-electron chi connectivity index (χ2n) is 4.74. The maximum atomic E-state index is 6.04. The normalized spacial score (nSPS) is 15.6. The Bertz CT molecular complexity index is 540. The molecule has 90 valence electrons. The van der Waals surface area contributed by atoms with Crippen LogP contribution in [0.25, 0.3) is 10.9 Å². The van der Waals surface area contributed by atoms with Crippen LogP contribution in [-0.2, 0) is 13.1 Å². The van der Waals surface area contributed by atoms with Crippen molar-refractivity contribution in [2.75, 3.05) is 0 Å². The number of hydrogen-bond donors (Lipinski definition) is 1. The molecule has 1 aliphatic carbocycles. The van der Waals surface area contributed by atoms with E-state index in [4.69, 9.17) is 11.6 Å². The number of rotatable bonds is 4. The van der Waals surface area contributed by atoms with Crippen LogP contribution in [0.15, 0.2) is 24.3 Å². The third kappa shape index (κ3) is 2.20. The van der Waals surface area contributed by atoms with Gasteiger partial charge >= 0.3 is 0 Å². The minimum absolute atomic E-state index is 0.752. The van der Waals surface area contributed by atoms with Gasteiger partial charge in [0.05, 0.1) is 0 Å². The number of aryl methyl sites for hydroxylation is 1. The van der Waals surface area contributed by atoms with Crippen LogP contribution >= 0.6 is 11.6 Å². The van der Waals surface area contributed by atoms with Crippen LogP contribution in [0.5, 0.6) is 0 Å². The van der Waals surface area contributed by atoms with Gasteiger partial charge in [0.25, 0.3) is 0 Å². The van der Waals surface area contributed by atoms with Gasteiger partial charge in [-0.05, 0) is 44.0 Å². The molecule has 0 atom stereocenters. The molecular formula is C14H17ClN2. The lowest BCUT2D eigenvalue weighted by Crippen LogP contribution is -2.17. The Kier molecular flexibility index (Phi) is 2.85. The Labute approximate surface area is 107 Å². The molecule has 1 N–H and O–H groups in total. The molecule has 1 fully saturated rings. The molecule has 0 unspecified atom stereocenters. The molecule has 0 saturated heterocycles. The first-order chi connectivity index (χ1) is 8.28. The van der Waals surface area contributed by atoms with E-state index in [0.717, 1.165) is 24.2 Å². The van der Waals surface area contributed by atoms with Crippen LogP contribution < -0.4 is 5.32 Å². The van der Waals surface area contributed by atoms with E-state index in [1.807, 2.05) is 12.1 Å². The van der Waals surface area contributed by atoms with E-state index in [-0.39, 0.29) is 0 Å². The molecule has 3 rings (SSSR count). The molecule has 1 saturated carbocycles. The van der Waals surface area contributed by atoms with Gasteiger partial charge in [-0.15, -0.1) is 0 Å². The van der Waals surface area contributed by atoms with E-state index in [0.29, 0.717) is 0 Å². The molecule has 0 amide bonds. The van der Waals surface area contributed by atoms with Crippen molar-refractivity contribution >= 4 is 22.5 Å². The summed E-state index contributed by atoms with van der Waals surface area (Å²) in [6.45, 7) is 4.16. The fourth-order valence-corrected chi connectivity index (χ4v) is 2.54. The monoisotopic (exact) mass is 248 g/mol. The molecule has 1 aliphatic rings. The molecule has 0 radical (unpaired) electrons. The first-order valence-corrected chi connectivity index (χ1v) is 6.67. The highest BCUT2D eigenvalue weighted by atomic mass is 35.5. The highest BCUT2D eigenvalue weighted by molar-refractivity contribution is 6.31. The van der Waals surface area contributed by atoms with Gasteiger partial charge in [0.15, 0.2) is 0 Å². The van der Waals surface area contributed by atoms with E-state index in [1.165, 1.54) is 29.4 Å². The number of nitrogens with zero attached hydrogens (tertiary/aromatic N) is 1. The van der Waals surface area contributed by atoms with Crippen LogP contribution in [0.2, 0.25) is 5.02 Å². The predicted octanol–water partition coefficient (Wildman–Crippen LogP) is 3.57. The maximum absolute atomic E-state index is 6.04. The van der Waals surface area contributed by atoms with Crippen molar-refractivity contribution < 1.29 is 0 Å². The fourth-order valence-electron chi connectivity index (χ4n) is 2.36. The molecule has 2 aromatic rings. The van der Waals surface area contributed by atoms with Gasteiger partial charge in [-0.3, -0.25) is 0 Å². The Hall–Kier alpha value is -0.990. The Morgan fingerprint density at radius 2 is 2.18 bits per heavy atom. The minimum atomic E-state index is 0.752. The highest BCUT2D eigenvalue weighted by Crippen LogP contribution is 2.25. The van der Waals surface area contributed by atoms with Crippen LogP contribution in [-0.4, -0.2) is 10.6 Å². The molecule has 1 aromatic carbocycles. The molecule has 0 spiro atoms. The first kappa shape index (κ1) is 11.1. The number of benzene rings is 1. The van der Waals surface area contributed by atoms with Gasteiger partial charge in [0.1, 0.15) is 0 Å². The molecule has 3 heteroatoms. The van der Waals surface area contributed by atoms with Crippen molar-refractivity contribution in [1.82, 2.24) is 9.88 Å². The summed E-state index contributed by atoms with van der Waals surface area (Å²) in [5.74, 6) is 0. The van der Waals surface area contributed by atoms with Gasteiger partial charge in [0, 0.05) is 40.8 Å². The van der Waals surface area contributed by atoms with Gasteiger partial charge < -0.3 is 9.88 Å². The van der Waals surface area contributed by atoms with Crippen molar-refractivity contribution in [2.45, 2.75) is 38.9 Å². The molecule has 1 heterocycles. The van der Waals surface area contributed by atoms with Crippen molar-refractivity contribution in [3.8, 4) is 0 Å². The van der Waals surface area contributed by atoms with Crippen molar-refractivity contribution in [3.63, 3.8) is 0 Å². The summed E-state index contributed by atoms with van der Waals surface area (Å²) in [6.07, 6.45) is 2.66. The van der Waals surface area contributed by atoms with Crippen molar-refractivity contribution in [2.24, 2.45) is 0 Å². The van der Waals surface area contributed by atoms with Gasteiger partial charge in [-0.25, -0.2) is 0 Å². The number of nitrogens with one attached hydrogen (secondary N) is 1. The summed E-state index contributed by atoms with van der Waals surface area (Å²) in [5, 5.41) is 5.62. The average molecular weight is 249 g/mol. The van der Waals surface area contributed by atoms with E-state index in [9.17, 15) is 0 Å². The smallest absolute Gasteiger partial charge is 0.0483 e. The second kappa shape index (κ2) is 4.35. The van der Waals surface area contributed by atoms with Gasteiger partial charge in [0.2, 0.25) is 0 Å². The summed E-state index contributed by atoms with van der Waals surface area (Å²) < 4.78 is 2.36. The molecule has 0 aliphatic heterocycles. The first-order valence-electron chi connectivity index (χ1n) is 6.29. The van der Waals surface area contributed by atoms with E-state index in [1.54, 1.807) is 0 Å². The number of hydrogen-bond acceptors (Lipinski definition) is 1. The lowest BCUT2D eigenvalue weighted by Gasteiger charge is -2.08. The summed E-state index contributed by atoms with van der Waals surface area (Å²) >= 11 is 6.04. The molecule has 2 nitrogen and oxygen atoms in total. The summed E-state index contributed by atoms with van der Waals surface area (Å²) in [5.41, 5.74) is 2.64. The number of fused-ring (bicyclic) bond motifs is 1. The van der Waals surface area contributed by atoms with Crippen molar-refractivity contribution in [1.29, 1.82) is 0 Å². The van der Waals surface area contributed by atoms with Gasteiger partial charge in [-0.1, -0.05) is 11.6 Å². The molecular weight excluding hydrogens is 232 g/mol. The SMILES string of the molecule is CCn1c(CNC2CC2)cc2cc(Cl)ccc21. The lowest BCUT2D eigenvalue weighted by molar-refractivity contribution is 0.634. The summed E-state index contributed by atoms with van der Waals surface area (Å²) in [7, 11) is 0. The fraction of sp³-hybridized carbons (Fsp3) is 0.429. The molecule has 0 bridgehead atoms.